The first kappa shape index (κ1) is 13.6. The van der Waals surface area contributed by atoms with Gasteiger partial charge >= 0.3 is 0 Å². The summed E-state index contributed by atoms with van der Waals surface area (Å²) in [6.45, 7) is 4.39. The monoisotopic (exact) mass is 239 g/mol. The topological polar surface area (TPSA) is 57.7 Å². The van der Waals surface area contributed by atoms with Gasteiger partial charge in [0.15, 0.2) is 5.69 Å². The quantitative estimate of drug-likeness (QED) is 0.535. The van der Waals surface area contributed by atoms with Crippen LogP contribution >= 0.6 is 0 Å². The molecule has 1 aromatic heterocycles. The van der Waals surface area contributed by atoms with Crippen LogP contribution in [0.5, 0.6) is 5.75 Å². The lowest BCUT2D eigenvalue weighted by atomic mass is 10.2. The van der Waals surface area contributed by atoms with Crippen molar-refractivity contribution in [2.24, 2.45) is 0 Å². The highest BCUT2D eigenvalue weighted by Gasteiger charge is 2.24. The Morgan fingerprint density at radius 1 is 1.35 bits per heavy atom. The summed E-state index contributed by atoms with van der Waals surface area (Å²) >= 11 is 0. The van der Waals surface area contributed by atoms with Crippen molar-refractivity contribution in [1.82, 2.24) is 4.98 Å². The fourth-order valence-corrected chi connectivity index (χ4v) is 1.35. The molecule has 0 fully saturated rings. The number of carbonyl (C=O) groups is 1. The maximum Gasteiger partial charge on any atom is 0.240 e. The molecule has 0 radical (unpaired) electrons. The van der Waals surface area contributed by atoms with Gasteiger partial charge in [0.25, 0.3) is 0 Å². The molecule has 0 unspecified atom stereocenters. The number of hydrogen-bond acceptors (Lipinski definition) is 5. The van der Waals surface area contributed by atoms with Gasteiger partial charge in [-0.3, -0.25) is 4.79 Å². The summed E-state index contributed by atoms with van der Waals surface area (Å²) in [5, 5.41) is 0. The van der Waals surface area contributed by atoms with Crippen LogP contribution < -0.4 is 4.74 Å². The molecule has 0 aromatic carbocycles. The van der Waals surface area contributed by atoms with Gasteiger partial charge in [0, 0.05) is 19.4 Å². The van der Waals surface area contributed by atoms with E-state index in [2.05, 4.69) is 4.98 Å². The van der Waals surface area contributed by atoms with E-state index < -0.39 is 6.29 Å². The number of hydrogen-bond donors (Lipinski definition) is 0. The molecule has 0 aliphatic carbocycles. The maximum absolute atomic E-state index is 12.1. The predicted molar refractivity (Wildman–Crippen MR) is 62.2 cm³/mol. The Balaban J connectivity index is 2.92. The van der Waals surface area contributed by atoms with E-state index in [1.165, 1.54) is 13.3 Å². The summed E-state index contributed by atoms with van der Waals surface area (Å²) in [4.78, 5) is 16.1. The standard InChI is InChI=1S/C12H17NO4/c1-4-16-12(17-5-2)11(14)10-9(15-3)7-6-8-13-10/h6-8,12H,4-5H2,1-3H3. The van der Waals surface area contributed by atoms with Crippen LogP contribution in [0.1, 0.15) is 24.3 Å². The highest BCUT2D eigenvalue weighted by Crippen LogP contribution is 2.17. The molecule has 0 atom stereocenters. The fraction of sp³-hybridized carbons (Fsp3) is 0.500. The number of nitrogens with zero attached hydrogens (tertiary/aromatic N) is 1. The van der Waals surface area contributed by atoms with Crippen LogP contribution in [0.2, 0.25) is 0 Å². The first-order chi connectivity index (χ1) is 8.24. The van der Waals surface area contributed by atoms with Gasteiger partial charge in [-0.15, -0.1) is 0 Å². The Morgan fingerprint density at radius 2 is 2.00 bits per heavy atom. The second-order valence-electron chi connectivity index (χ2n) is 3.16. The molecular formula is C12H17NO4. The average Bonchev–Trinajstić information content (AvgIpc) is 2.37. The highest BCUT2D eigenvalue weighted by molar-refractivity contribution is 5.99. The summed E-state index contributed by atoms with van der Waals surface area (Å²) < 4.78 is 15.5. The molecule has 94 valence electrons. The minimum atomic E-state index is -0.922. The second kappa shape index (κ2) is 6.98. The summed E-state index contributed by atoms with van der Waals surface area (Å²) in [6.07, 6.45) is 0.610. The van der Waals surface area contributed by atoms with Crippen molar-refractivity contribution in [3.05, 3.63) is 24.0 Å². The van der Waals surface area contributed by atoms with E-state index in [4.69, 9.17) is 14.2 Å². The van der Waals surface area contributed by atoms with Gasteiger partial charge in [-0.2, -0.15) is 0 Å². The number of rotatable bonds is 7. The molecular weight excluding hydrogens is 222 g/mol. The molecule has 1 rings (SSSR count). The Hall–Kier alpha value is -1.46. The number of carbonyl (C=O) groups excluding carboxylic acids is 1. The molecule has 0 aliphatic rings. The van der Waals surface area contributed by atoms with Gasteiger partial charge in [0.2, 0.25) is 12.1 Å². The van der Waals surface area contributed by atoms with Gasteiger partial charge in [-0.1, -0.05) is 0 Å². The zero-order chi connectivity index (χ0) is 12.7. The smallest absolute Gasteiger partial charge is 0.240 e. The van der Waals surface area contributed by atoms with Gasteiger partial charge < -0.3 is 14.2 Å². The van der Waals surface area contributed by atoms with Crippen LogP contribution in [0.3, 0.4) is 0 Å². The number of Topliss-reactive ketones (excluding diaryl/α,β-unsaturated/α-hetero) is 1. The van der Waals surface area contributed by atoms with E-state index in [1.807, 2.05) is 0 Å². The molecule has 1 aromatic rings. The Morgan fingerprint density at radius 3 is 2.53 bits per heavy atom. The normalized spacial score (nSPS) is 10.6. The van der Waals surface area contributed by atoms with Crippen LogP contribution in [-0.4, -0.2) is 37.4 Å². The Kier molecular flexibility index (Phi) is 5.59. The van der Waals surface area contributed by atoms with E-state index in [-0.39, 0.29) is 11.5 Å². The number of ketones is 1. The minimum absolute atomic E-state index is 0.224. The van der Waals surface area contributed by atoms with E-state index in [0.29, 0.717) is 19.0 Å². The van der Waals surface area contributed by atoms with E-state index in [9.17, 15) is 4.79 Å². The van der Waals surface area contributed by atoms with Crippen LogP contribution in [0, 0.1) is 0 Å². The lowest BCUT2D eigenvalue weighted by Gasteiger charge is -2.16. The number of aromatic nitrogens is 1. The van der Waals surface area contributed by atoms with Crippen LogP contribution in [0.4, 0.5) is 0 Å². The van der Waals surface area contributed by atoms with Gasteiger partial charge in [-0.25, -0.2) is 4.98 Å². The van der Waals surface area contributed by atoms with Crippen LogP contribution in [0.15, 0.2) is 18.3 Å². The first-order valence-corrected chi connectivity index (χ1v) is 5.51. The fourth-order valence-electron chi connectivity index (χ4n) is 1.35. The molecule has 1 heterocycles. The van der Waals surface area contributed by atoms with Gasteiger partial charge in [0.05, 0.1) is 7.11 Å². The van der Waals surface area contributed by atoms with Crippen molar-refractivity contribution in [1.29, 1.82) is 0 Å². The Bertz CT molecular complexity index is 361. The molecule has 0 saturated carbocycles. The van der Waals surface area contributed by atoms with Gasteiger partial charge in [-0.05, 0) is 26.0 Å². The lowest BCUT2D eigenvalue weighted by Crippen LogP contribution is -2.28. The van der Waals surface area contributed by atoms with Crippen molar-refractivity contribution < 1.29 is 19.0 Å². The van der Waals surface area contributed by atoms with E-state index in [1.54, 1.807) is 26.0 Å². The Labute approximate surface area is 101 Å². The van der Waals surface area contributed by atoms with Gasteiger partial charge in [0.1, 0.15) is 5.75 Å². The molecule has 0 saturated heterocycles. The zero-order valence-corrected chi connectivity index (χ0v) is 10.3. The van der Waals surface area contributed by atoms with Crippen molar-refractivity contribution in [3.63, 3.8) is 0 Å². The maximum atomic E-state index is 12.1. The van der Waals surface area contributed by atoms with Crippen molar-refractivity contribution in [3.8, 4) is 5.75 Å². The molecule has 0 N–H and O–H groups in total. The predicted octanol–water partition coefficient (Wildman–Crippen LogP) is 1.67. The zero-order valence-electron chi connectivity index (χ0n) is 10.3. The van der Waals surface area contributed by atoms with Crippen LogP contribution in [-0.2, 0) is 9.47 Å². The molecule has 0 spiro atoms. The lowest BCUT2D eigenvalue weighted by molar-refractivity contribution is -0.107. The SMILES string of the molecule is CCOC(OCC)C(=O)c1ncccc1OC. The molecule has 5 nitrogen and oxygen atoms in total. The van der Waals surface area contributed by atoms with Crippen LogP contribution in [0.25, 0.3) is 0 Å². The molecule has 0 amide bonds. The summed E-state index contributed by atoms with van der Waals surface area (Å²) in [5.41, 5.74) is 0.224. The first-order valence-electron chi connectivity index (χ1n) is 5.51. The third-order valence-corrected chi connectivity index (χ3v) is 2.07. The third kappa shape index (κ3) is 3.51. The number of methoxy groups -OCH3 is 1. The summed E-state index contributed by atoms with van der Waals surface area (Å²) in [6, 6.07) is 3.38. The van der Waals surface area contributed by atoms with E-state index >= 15 is 0 Å². The molecule has 0 aliphatic heterocycles. The largest absolute Gasteiger partial charge is 0.494 e. The van der Waals surface area contributed by atoms with Crippen molar-refractivity contribution in [2.45, 2.75) is 20.1 Å². The number of pyridine rings is 1. The minimum Gasteiger partial charge on any atom is -0.494 e. The average molecular weight is 239 g/mol. The summed E-state index contributed by atoms with van der Waals surface area (Å²) in [5.74, 6) is 0.0908. The highest BCUT2D eigenvalue weighted by atomic mass is 16.7. The molecule has 0 bridgehead atoms. The van der Waals surface area contributed by atoms with Crippen molar-refractivity contribution >= 4 is 5.78 Å². The summed E-state index contributed by atoms with van der Waals surface area (Å²) in [7, 11) is 1.49. The molecule has 17 heavy (non-hydrogen) atoms. The third-order valence-electron chi connectivity index (χ3n) is 2.07. The van der Waals surface area contributed by atoms with E-state index in [0.717, 1.165) is 0 Å². The number of ether oxygens (including phenoxy) is 3. The van der Waals surface area contributed by atoms with Crippen molar-refractivity contribution in [2.75, 3.05) is 20.3 Å². The molecule has 5 heteroatoms. The second-order valence-corrected chi connectivity index (χ2v) is 3.16.